The molecule has 4 bridgehead atoms. The summed E-state index contributed by atoms with van der Waals surface area (Å²) < 4.78 is 5.35. The Morgan fingerprint density at radius 2 is 1.86 bits per heavy atom. The van der Waals surface area contributed by atoms with E-state index in [0.29, 0.717) is 41.5 Å². The minimum Gasteiger partial charge on any atom is -0.457 e. The Labute approximate surface area is 168 Å². The van der Waals surface area contributed by atoms with Crippen molar-refractivity contribution in [1.29, 1.82) is 0 Å². The van der Waals surface area contributed by atoms with Crippen molar-refractivity contribution in [2.45, 2.75) is 57.8 Å². The average Bonchev–Trinajstić information content (AvgIpc) is 3.27. The van der Waals surface area contributed by atoms with Crippen molar-refractivity contribution >= 4 is 34.1 Å². The highest BCUT2D eigenvalue weighted by Crippen LogP contribution is 2.60. The zero-order valence-electron chi connectivity index (χ0n) is 16.0. The van der Waals surface area contributed by atoms with Gasteiger partial charge in [-0.15, -0.1) is 11.3 Å². The molecule has 28 heavy (non-hydrogen) atoms. The van der Waals surface area contributed by atoms with Gasteiger partial charge in [0.15, 0.2) is 17.5 Å². The lowest BCUT2D eigenvalue weighted by Gasteiger charge is -2.55. The number of carbonyl (C=O) groups excluding carboxylic acids is 3. The fraction of sp³-hybridized carbons (Fsp3) is 0.714. The van der Waals surface area contributed by atoms with Crippen molar-refractivity contribution < 1.29 is 19.1 Å². The number of rotatable bonds is 6. The van der Waals surface area contributed by atoms with Crippen LogP contribution in [0, 0.1) is 23.2 Å². The Kier molecular flexibility index (Phi) is 4.53. The minimum atomic E-state index is -0.414. The van der Waals surface area contributed by atoms with Gasteiger partial charge in [0.1, 0.15) is 0 Å². The van der Waals surface area contributed by atoms with Crippen molar-refractivity contribution in [3.05, 3.63) is 11.1 Å². The third-order valence-electron chi connectivity index (χ3n) is 7.16. The topological polar surface area (TPSA) is 76.6 Å². The van der Waals surface area contributed by atoms with E-state index in [4.69, 9.17) is 4.74 Å². The number of hydrogen-bond acceptors (Lipinski definition) is 6. The van der Waals surface area contributed by atoms with Gasteiger partial charge in [0.05, 0.1) is 12.1 Å². The SMILES string of the molecule is O=C(Cc1csc(N2CCCC2=O)n1)OCC(=O)C12CC3CC(CC(C3)C1)C2. The summed E-state index contributed by atoms with van der Waals surface area (Å²) in [5.74, 6) is 1.90. The molecule has 5 fully saturated rings. The molecule has 1 aromatic heterocycles. The molecule has 6 nitrogen and oxygen atoms in total. The highest BCUT2D eigenvalue weighted by molar-refractivity contribution is 7.14. The van der Waals surface area contributed by atoms with Crippen molar-refractivity contribution in [1.82, 2.24) is 4.98 Å². The van der Waals surface area contributed by atoms with E-state index in [2.05, 4.69) is 4.98 Å². The predicted molar refractivity (Wildman–Crippen MR) is 104 cm³/mol. The van der Waals surface area contributed by atoms with E-state index in [9.17, 15) is 14.4 Å². The van der Waals surface area contributed by atoms with Gasteiger partial charge in [0.2, 0.25) is 5.91 Å². The van der Waals surface area contributed by atoms with Gasteiger partial charge in [-0.3, -0.25) is 19.3 Å². The van der Waals surface area contributed by atoms with Crippen molar-refractivity contribution in [2.24, 2.45) is 23.2 Å². The molecule has 4 aliphatic carbocycles. The Balaban J connectivity index is 1.15. The van der Waals surface area contributed by atoms with E-state index < -0.39 is 5.97 Å². The molecule has 0 radical (unpaired) electrons. The fourth-order valence-corrected chi connectivity index (χ4v) is 7.17. The van der Waals surface area contributed by atoms with Gasteiger partial charge in [-0.1, -0.05) is 0 Å². The maximum absolute atomic E-state index is 12.9. The van der Waals surface area contributed by atoms with E-state index in [-0.39, 0.29) is 30.1 Å². The van der Waals surface area contributed by atoms with Gasteiger partial charge in [-0.25, -0.2) is 4.98 Å². The van der Waals surface area contributed by atoms with Crippen molar-refractivity contribution in [3.63, 3.8) is 0 Å². The molecule has 5 aliphatic rings. The molecule has 0 N–H and O–H groups in total. The summed E-state index contributed by atoms with van der Waals surface area (Å²) in [6.45, 7) is 0.586. The van der Waals surface area contributed by atoms with Crippen molar-refractivity contribution in [3.8, 4) is 0 Å². The quantitative estimate of drug-likeness (QED) is 0.683. The van der Waals surface area contributed by atoms with Crippen LogP contribution in [0.25, 0.3) is 0 Å². The second-order valence-electron chi connectivity index (χ2n) is 9.23. The molecule has 0 atom stereocenters. The molecule has 1 saturated heterocycles. The van der Waals surface area contributed by atoms with Crippen LogP contribution in [0.4, 0.5) is 5.13 Å². The summed E-state index contributed by atoms with van der Waals surface area (Å²) in [5, 5.41) is 2.44. The second-order valence-corrected chi connectivity index (χ2v) is 10.1. The number of amides is 1. The largest absolute Gasteiger partial charge is 0.457 e. The molecule has 0 spiro atoms. The number of ether oxygens (including phenoxy) is 1. The number of nitrogens with zero attached hydrogens (tertiary/aromatic N) is 2. The summed E-state index contributed by atoms with van der Waals surface area (Å²) in [4.78, 5) is 43.1. The summed E-state index contributed by atoms with van der Waals surface area (Å²) in [6, 6.07) is 0. The number of anilines is 1. The zero-order valence-corrected chi connectivity index (χ0v) is 16.8. The van der Waals surface area contributed by atoms with Gasteiger partial charge in [-0.2, -0.15) is 0 Å². The normalized spacial score (nSPS) is 33.5. The molecule has 1 amide bonds. The molecule has 7 heteroatoms. The number of ketones is 1. The maximum atomic E-state index is 12.9. The molecule has 0 unspecified atom stereocenters. The third-order valence-corrected chi connectivity index (χ3v) is 8.08. The predicted octanol–water partition coefficient (Wildman–Crippen LogP) is 3.14. The van der Waals surface area contributed by atoms with Crippen LogP contribution in [0.3, 0.4) is 0 Å². The monoisotopic (exact) mass is 402 g/mol. The molecular formula is C21H26N2O4S. The summed E-state index contributed by atoms with van der Waals surface area (Å²) in [6.07, 6.45) is 8.31. The van der Waals surface area contributed by atoms with Gasteiger partial charge in [0, 0.05) is 23.8 Å². The summed E-state index contributed by atoms with van der Waals surface area (Å²) in [5.41, 5.74) is 0.380. The zero-order chi connectivity index (χ0) is 19.3. The lowest BCUT2D eigenvalue weighted by atomic mass is 9.48. The highest BCUT2D eigenvalue weighted by Gasteiger charge is 2.54. The Morgan fingerprint density at radius 3 is 2.46 bits per heavy atom. The first kappa shape index (κ1) is 18.3. The first-order chi connectivity index (χ1) is 13.5. The van der Waals surface area contributed by atoms with Gasteiger partial charge in [-0.05, 0) is 62.7 Å². The second kappa shape index (κ2) is 6.94. The number of hydrogen-bond donors (Lipinski definition) is 0. The first-order valence-electron chi connectivity index (χ1n) is 10.4. The highest BCUT2D eigenvalue weighted by atomic mass is 32.1. The Bertz CT molecular complexity index is 782. The Morgan fingerprint density at radius 1 is 1.18 bits per heavy atom. The minimum absolute atomic E-state index is 0.0483. The number of esters is 1. The smallest absolute Gasteiger partial charge is 0.312 e. The van der Waals surface area contributed by atoms with Crippen LogP contribution in [0.2, 0.25) is 0 Å². The van der Waals surface area contributed by atoms with Crippen LogP contribution < -0.4 is 4.90 Å². The summed E-state index contributed by atoms with van der Waals surface area (Å²) >= 11 is 1.37. The van der Waals surface area contributed by atoms with Crippen LogP contribution in [-0.4, -0.2) is 35.8 Å². The Hall–Kier alpha value is -1.76. The van der Waals surface area contributed by atoms with E-state index in [1.54, 1.807) is 10.3 Å². The number of carbonyl (C=O) groups is 3. The van der Waals surface area contributed by atoms with E-state index >= 15 is 0 Å². The lowest BCUT2D eigenvalue weighted by molar-refractivity contribution is -0.157. The van der Waals surface area contributed by atoms with Crippen LogP contribution in [0.5, 0.6) is 0 Å². The lowest BCUT2D eigenvalue weighted by Crippen LogP contribution is -2.51. The van der Waals surface area contributed by atoms with E-state index in [1.807, 2.05) is 0 Å². The van der Waals surface area contributed by atoms with E-state index in [1.165, 1.54) is 30.6 Å². The molecule has 1 aromatic rings. The van der Waals surface area contributed by atoms with E-state index in [0.717, 1.165) is 25.7 Å². The average molecular weight is 403 g/mol. The standard InChI is InChI=1S/C21H26N2O4S/c24-17(21-8-13-4-14(9-21)6-15(5-13)10-21)11-27-19(26)7-16-12-28-20(22-16)23-3-1-2-18(23)25/h12-15H,1-11H2. The molecule has 0 aromatic carbocycles. The molecule has 6 rings (SSSR count). The van der Waals surface area contributed by atoms with Gasteiger partial charge in [0.25, 0.3) is 0 Å². The van der Waals surface area contributed by atoms with Gasteiger partial charge < -0.3 is 4.74 Å². The van der Waals surface area contributed by atoms with Crippen LogP contribution >= 0.6 is 11.3 Å². The number of aromatic nitrogens is 1. The molecule has 4 saturated carbocycles. The fourth-order valence-electron chi connectivity index (χ4n) is 6.30. The summed E-state index contributed by atoms with van der Waals surface area (Å²) in [7, 11) is 0. The van der Waals surface area contributed by atoms with Crippen LogP contribution in [0.15, 0.2) is 5.38 Å². The van der Waals surface area contributed by atoms with Gasteiger partial charge >= 0.3 is 5.97 Å². The van der Waals surface area contributed by atoms with Crippen LogP contribution in [-0.2, 0) is 25.5 Å². The molecule has 1 aliphatic heterocycles. The maximum Gasteiger partial charge on any atom is 0.312 e. The molecule has 2 heterocycles. The van der Waals surface area contributed by atoms with Crippen molar-refractivity contribution in [2.75, 3.05) is 18.1 Å². The number of thiazole rings is 1. The molecule has 150 valence electrons. The third kappa shape index (κ3) is 3.27. The van der Waals surface area contributed by atoms with Crippen LogP contribution in [0.1, 0.15) is 57.1 Å². The first-order valence-corrected chi connectivity index (χ1v) is 11.3. The number of Topliss-reactive ketones (excluding diaryl/α,β-unsaturated/α-hetero) is 1. The molecular weight excluding hydrogens is 376 g/mol.